The molecule has 8 heteroatoms. The summed E-state index contributed by atoms with van der Waals surface area (Å²) in [5.74, 6) is -1.58. The number of benzene rings is 1. The molecule has 0 spiro atoms. The number of hydrogen-bond acceptors (Lipinski definition) is 5. The Balaban J connectivity index is 2.45. The maximum atomic E-state index is 12.4. The Morgan fingerprint density at radius 2 is 1.81 bits per heavy atom. The number of primary amides is 1. The summed E-state index contributed by atoms with van der Waals surface area (Å²) in [6.07, 6.45) is 0.445. The van der Waals surface area contributed by atoms with Gasteiger partial charge in [0.15, 0.2) is 11.5 Å². The molecule has 138 valence electrons. The van der Waals surface area contributed by atoms with Crippen LogP contribution in [0.25, 0.3) is 0 Å². The van der Waals surface area contributed by atoms with E-state index in [-0.39, 0.29) is 11.5 Å². The molecule has 0 atom stereocenters. The highest BCUT2D eigenvalue weighted by molar-refractivity contribution is 6.14. The number of nitrogens with two attached hydrogens (primary N) is 1. The van der Waals surface area contributed by atoms with Gasteiger partial charge >= 0.3 is 6.09 Å². The largest absolute Gasteiger partial charge is 0.443 e. The molecule has 0 aliphatic heterocycles. The van der Waals surface area contributed by atoms with Gasteiger partial charge in [0.05, 0.1) is 6.33 Å². The van der Waals surface area contributed by atoms with Crippen LogP contribution < -0.4 is 10.6 Å². The Labute approximate surface area is 151 Å². The van der Waals surface area contributed by atoms with Crippen molar-refractivity contribution in [3.8, 4) is 0 Å². The molecular formula is C18H22N4O4. The van der Waals surface area contributed by atoms with E-state index in [1.165, 1.54) is 17.8 Å². The molecule has 26 heavy (non-hydrogen) atoms. The number of carbonyl (C=O) groups is 3. The quantitative estimate of drug-likeness (QED) is 0.902. The molecule has 1 heterocycles. The molecule has 0 saturated heterocycles. The summed E-state index contributed by atoms with van der Waals surface area (Å²) in [5, 5.41) is 0. The molecule has 0 fully saturated rings. The normalized spacial score (nSPS) is 11.1. The van der Waals surface area contributed by atoms with Gasteiger partial charge in [-0.15, -0.1) is 0 Å². The topological polar surface area (TPSA) is 108 Å². The zero-order valence-corrected chi connectivity index (χ0v) is 15.2. The van der Waals surface area contributed by atoms with E-state index in [1.54, 1.807) is 20.8 Å². The first-order valence-corrected chi connectivity index (χ1v) is 8.02. The van der Waals surface area contributed by atoms with Crippen molar-refractivity contribution in [3.05, 3.63) is 47.9 Å². The standard InChI is InChI=1S/C18H22N4O4/c1-12(23)22(17(25)26-18(2,3)4)16-14(15(19)24)21(11-20-16)10-13-8-6-5-7-9-13/h5-9,11H,10H2,1-4H3,(H2,19,24). The second-order valence-corrected chi connectivity index (χ2v) is 6.73. The summed E-state index contributed by atoms with van der Waals surface area (Å²) in [7, 11) is 0. The van der Waals surface area contributed by atoms with Gasteiger partial charge in [-0.3, -0.25) is 9.59 Å². The minimum atomic E-state index is -0.919. The molecule has 3 amide bonds. The van der Waals surface area contributed by atoms with E-state index >= 15 is 0 Å². The Morgan fingerprint density at radius 1 is 1.19 bits per heavy atom. The lowest BCUT2D eigenvalue weighted by Crippen LogP contribution is -2.41. The average molecular weight is 358 g/mol. The second kappa shape index (κ2) is 7.38. The van der Waals surface area contributed by atoms with Gasteiger partial charge in [0.2, 0.25) is 5.91 Å². The third kappa shape index (κ3) is 4.47. The molecule has 0 aliphatic carbocycles. The van der Waals surface area contributed by atoms with Crippen molar-refractivity contribution >= 4 is 23.7 Å². The van der Waals surface area contributed by atoms with Crippen molar-refractivity contribution in [2.45, 2.75) is 39.8 Å². The van der Waals surface area contributed by atoms with Gasteiger partial charge in [0.25, 0.3) is 5.91 Å². The molecule has 0 unspecified atom stereocenters. The molecule has 1 aromatic heterocycles. The van der Waals surface area contributed by atoms with E-state index in [9.17, 15) is 14.4 Å². The Hall–Kier alpha value is -3.16. The fraction of sp³-hybridized carbons (Fsp3) is 0.333. The SMILES string of the molecule is CC(=O)N(C(=O)OC(C)(C)C)c1ncn(Cc2ccccc2)c1C(N)=O. The number of imide groups is 1. The summed E-state index contributed by atoms with van der Waals surface area (Å²) in [5.41, 5.74) is 5.54. The number of nitrogens with zero attached hydrogens (tertiary/aromatic N) is 3. The number of ether oxygens (including phenoxy) is 1. The van der Waals surface area contributed by atoms with Gasteiger partial charge in [-0.05, 0) is 26.3 Å². The van der Waals surface area contributed by atoms with Crippen LogP contribution in [0.5, 0.6) is 0 Å². The minimum absolute atomic E-state index is 0.0464. The van der Waals surface area contributed by atoms with Gasteiger partial charge in [-0.2, -0.15) is 4.90 Å². The molecule has 2 aromatic rings. The lowest BCUT2D eigenvalue weighted by Gasteiger charge is -2.24. The maximum Gasteiger partial charge on any atom is 0.423 e. The summed E-state index contributed by atoms with van der Waals surface area (Å²) >= 11 is 0. The van der Waals surface area contributed by atoms with Gasteiger partial charge in [0, 0.05) is 13.5 Å². The number of aromatic nitrogens is 2. The lowest BCUT2D eigenvalue weighted by atomic mass is 10.2. The van der Waals surface area contributed by atoms with Crippen molar-refractivity contribution in [1.82, 2.24) is 9.55 Å². The molecule has 0 saturated carbocycles. The number of amides is 3. The van der Waals surface area contributed by atoms with Gasteiger partial charge in [-0.1, -0.05) is 30.3 Å². The Bertz CT molecular complexity index is 821. The van der Waals surface area contributed by atoms with Crippen LogP contribution in [-0.4, -0.2) is 33.1 Å². The first-order chi connectivity index (χ1) is 12.1. The monoisotopic (exact) mass is 358 g/mol. The van der Waals surface area contributed by atoms with Crippen LogP contribution in [-0.2, 0) is 16.1 Å². The van der Waals surface area contributed by atoms with Crippen LogP contribution in [0.3, 0.4) is 0 Å². The van der Waals surface area contributed by atoms with Crippen LogP contribution >= 0.6 is 0 Å². The molecule has 0 radical (unpaired) electrons. The van der Waals surface area contributed by atoms with Crippen LogP contribution in [0.4, 0.5) is 10.6 Å². The van der Waals surface area contributed by atoms with Crippen molar-refractivity contribution in [3.63, 3.8) is 0 Å². The summed E-state index contributed by atoms with van der Waals surface area (Å²) in [4.78, 5) is 41.3. The summed E-state index contributed by atoms with van der Waals surface area (Å²) in [6.45, 7) is 6.52. The van der Waals surface area contributed by atoms with E-state index in [0.717, 1.165) is 5.56 Å². The number of hydrogen-bond donors (Lipinski definition) is 1. The van der Waals surface area contributed by atoms with E-state index in [1.807, 2.05) is 30.3 Å². The van der Waals surface area contributed by atoms with Gasteiger partial charge in [-0.25, -0.2) is 9.78 Å². The zero-order chi connectivity index (χ0) is 19.5. The maximum absolute atomic E-state index is 12.4. The smallest absolute Gasteiger partial charge is 0.423 e. The van der Waals surface area contributed by atoms with Crippen molar-refractivity contribution < 1.29 is 19.1 Å². The Kier molecular flexibility index (Phi) is 5.44. The predicted molar refractivity (Wildman–Crippen MR) is 95.7 cm³/mol. The van der Waals surface area contributed by atoms with Crippen LogP contribution in [0.15, 0.2) is 36.7 Å². The van der Waals surface area contributed by atoms with E-state index in [4.69, 9.17) is 10.5 Å². The highest BCUT2D eigenvalue weighted by Crippen LogP contribution is 2.22. The molecule has 1 aromatic carbocycles. The molecule has 2 N–H and O–H groups in total. The molecule has 0 bridgehead atoms. The highest BCUT2D eigenvalue weighted by Gasteiger charge is 2.32. The van der Waals surface area contributed by atoms with E-state index in [0.29, 0.717) is 11.4 Å². The van der Waals surface area contributed by atoms with E-state index in [2.05, 4.69) is 4.98 Å². The Morgan fingerprint density at radius 3 is 2.31 bits per heavy atom. The van der Waals surface area contributed by atoms with E-state index < -0.39 is 23.5 Å². The number of rotatable bonds is 4. The third-order valence-corrected chi connectivity index (χ3v) is 3.35. The summed E-state index contributed by atoms with van der Waals surface area (Å²) < 4.78 is 6.74. The molecule has 8 nitrogen and oxygen atoms in total. The zero-order valence-electron chi connectivity index (χ0n) is 15.2. The van der Waals surface area contributed by atoms with Crippen LogP contribution in [0, 0.1) is 0 Å². The molecule has 0 aliphatic rings. The average Bonchev–Trinajstić information content (AvgIpc) is 2.89. The number of imidazole rings is 1. The second-order valence-electron chi connectivity index (χ2n) is 6.73. The lowest BCUT2D eigenvalue weighted by molar-refractivity contribution is -0.116. The highest BCUT2D eigenvalue weighted by atomic mass is 16.6. The fourth-order valence-electron chi connectivity index (χ4n) is 2.36. The fourth-order valence-corrected chi connectivity index (χ4v) is 2.36. The van der Waals surface area contributed by atoms with Crippen molar-refractivity contribution in [2.75, 3.05) is 4.90 Å². The summed E-state index contributed by atoms with van der Waals surface area (Å²) in [6, 6.07) is 9.35. The number of carbonyl (C=O) groups excluding carboxylic acids is 3. The minimum Gasteiger partial charge on any atom is -0.443 e. The predicted octanol–water partition coefficient (Wildman–Crippen LogP) is 2.32. The van der Waals surface area contributed by atoms with Crippen LogP contribution in [0.2, 0.25) is 0 Å². The van der Waals surface area contributed by atoms with Crippen molar-refractivity contribution in [1.29, 1.82) is 0 Å². The van der Waals surface area contributed by atoms with Gasteiger partial charge in [0.1, 0.15) is 5.60 Å². The third-order valence-electron chi connectivity index (χ3n) is 3.35. The molecular weight excluding hydrogens is 336 g/mol. The number of anilines is 1. The first-order valence-electron chi connectivity index (χ1n) is 8.02. The van der Waals surface area contributed by atoms with Crippen LogP contribution in [0.1, 0.15) is 43.7 Å². The first kappa shape index (κ1) is 19.2. The molecule has 2 rings (SSSR count). The van der Waals surface area contributed by atoms with Crippen molar-refractivity contribution in [2.24, 2.45) is 5.73 Å². The van der Waals surface area contributed by atoms with Gasteiger partial charge < -0.3 is 15.0 Å².